The minimum Gasteiger partial charge on any atom is -0.350 e. The summed E-state index contributed by atoms with van der Waals surface area (Å²) < 4.78 is 11.1. The summed E-state index contributed by atoms with van der Waals surface area (Å²) in [5.41, 5.74) is 0. The van der Waals surface area contributed by atoms with E-state index in [0.717, 1.165) is 6.42 Å². The standard InChI is InChI=1S/C10H18O2/c1-5-8(4)9-6-11-10(12-9)7(2)3/h4,7-10H,5-6H2,1-3H3. The van der Waals surface area contributed by atoms with Gasteiger partial charge in [-0.25, -0.2) is 0 Å². The van der Waals surface area contributed by atoms with Crippen LogP contribution in [0.1, 0.15) is 27.2 Å². The second-order valence-corrected chi connectivity index (χ2v) is 3.69. The van der Waals surface area contributed by atoms with Gasteiger partial charge in [0, 0.05) is 5.92 Å². The Bertz CT molecular complexity index is 134. The molecular formula is C10H18O2. The SMILES string of the molecule is [CH]C(CC)C1COC(C(C)C)O1. The summed E-state index contributed by atoms with van der Waals surface area (Å²) in [5.74, 6) is 0.535. The van der Waals surface area contributed by atoms with Crippen molar-refractivity contribution in [1.29, 1.82) is 0 Å². The molecule has 0 spiro atoms. The van der Waals surface area contributed by atoms with Crippen LogP contribution in [0.2, 0.25) is 0 Å². The van der Waals surface area contributed by atoms with E-state index in [1.807, 2.05) is 0 Å². The van der Waals surface area contributed by atoms with Crippen molar-refractivity contribution in [3.63, 3.8) is 0 Å². The van der Waals surface area contributed by atoms with Crippen LogP contribution in [0.3, 0.4) is 0 Å². The van der Waals surface area contributed by atoms with Gasteiger partial charge in [0.2, 0.25) is 0 Å². The summed E-state index contributed by atoms with van der Waals surface area (Å²) in [6.45, 7) is 12.7. The summed E-state index contributed by atoms with van der Waals surface area (Å²) in [7, 11) is 0. The van der Waals surface area contributed by atoms with Crippen LogP contribution in [-0.2, 0) is 9.47 Å². The summed E-state index contributed by atoms with van der Waals surface area (Å²) in [4.78, 5) is 0. The van der Waals surface area contributed by atoms with Gasteiger partial charge in [-0.2, -0.15) is 0 Å². The van der Waals surface area contributed by atoms with E-state index in [9.17, 15) is 0 Å². The maximum Gasteiger partial charge on any atom is 0.160 e. The molecule has 12 heavy (non-hydrogen) atoms. The first-order valence-electron chi connectivity index (χ1n) is 4.67. The maximum absolute atomic E-state index is 5.84. The Labute approximate surface area is 75.2 Å². The van der Waals surface area contributed by atoms with Gasteiger partial charge in [0.1, 0.15) is 0 Å². The highest BCUT2D eigenvalue weighted by atomic mass is 16.7. The summed E-state index contributed by atoms with van der Waals surface area (Å²) in [5, 5.41) is 0. The zero-order valence-electron chi connectivity index (χ0n) is 8.12. The minimum atomic E-state index is -0.0485. The molecule has 2 heteroatoms. The molecule has 0 bridgehead atoms. The molecule has 2 radical (unpaired) electrons. The number of ether oxygens (including phenoxy) is 2. The van der Waals surface area contributed by atoms with Gasteiger partial charge in [-0.1, -0.05) is 27.2 Å². The number of rotatable bonds is 3. The fourth-order valence-corrected chi connectivity index (χ4v) is 1.28. The predicted octanol–water partition coefficient (Wildman–Crippen LogP) is 2.12. The van der Waals surface area contributed by atoms with Gasteiger partial charge in [-0.3, -0.25) is 0 Å². The number of hydrogen-bond donors (Lipinski definition) is 0. The van der Waals surface area contributed by atoms with E-state index in [-0.39, 0.29) is 18.3 Å². The molecule has 0 aromatic heterocycles. The van der Waals surface area contributed by atoms with E-state index in [1.165, 1.54) is 0 Å². The van der Waals surface area contributed by atoms with E-state index < -0.39 is 0 Å². The van der Waals surface area contributed by atoms with Crippen LogP contribution >= 0.6 is 0 Å². The summed E-state index contributed by atoms with van der Waals surface area (Å²) in [6.07, 6.45) is 0.994. The van der Waals surface area contributed by atoms with Gasteiger partial charge < -0.3 is 9.47 Å². The average Bonchev–Trinajstić information content (AvgIpc) is 2.51. The quantitative estimate of drug-likeness (QED) is 0.646. The molecule has 1 aliphatic heterocycles. The predicted molar refractivity (Wildman–Crippen MR) is 47.5 cm³/mol. The lowest BCUT2D eigenvalue weighted by molar-refractivity contribution is -0.0924. The van der Waals surface area contributed by atoms with Gasteiger partial charge in [0.25, 0.3) is 0 Å². The van der Waals surface area contributed by atoms with E-state index in [0.29, 0.717) is 12.5 Å². The van der Waals surface area contributed by atoms with Crippen molar-refractivity contribution >= 4 is 0 Å². The molecule has 0 saturated carbocycles. The fourth-order valence-electron chi connectivity index (χ4n) is 1.28. The third-order valence-electron chi connectivity index (χ3n) is 2.23. The van der Waals surface area contributed by atoms with Crippen molar-refractivity contribution in [2.75, 3.05) is 6.61 Å². The van der Waals surface area contributed by atoms with Gasteiger partial charge in [-0.05, 0) is 12.8 Å². The molecule has 1 rings (SSSR count). The van der Waals surface area contributed by atoms with Crippen LogP contribution in [0.5, 0.6) is 0 Å². The molecule has 0 N–H and O–H groups in total. The first-order valence-corrected chi connectivity index (χ1v) is 4.67. The molecule has 3 atom stereocenters. The van der Waals surface area contributed by atoms with Crippen molar-refractivity contribution in [2.45, 2.75) is 39.6 Å². The van der Waals surface area contributed by atoms with Gasteiger partial charge in [0.15, 0.2) is 6.29 Å². The molecule has 0 aliphatic carbocycles. The zero-order chi connectivity index (χ0) is 9.14. The average molecular weight is 170 g/mol. The lowest BCUT2D eigenvalue weighted by Crippen LogP contribution is -2.22. The molecule has 1 aliphatic rings. The Hall–Kier alpha value is -0.0800. The van der Waals surface area contributed by atoms with Crippen LogP contribution in [0, 0.1) is 18.8 Å². The highest BCUT2D eigenvalue weighted by Crippen LogP contribution is 2.24. The third kappa shape index (κ3) is 2.20. The second kappa shape index (κ2) is 4.24. The molecule has 3 unspecified atom stereocenters. The smallest absolute Gasteiger partial charge is 0.160 e. The molecule has 0 amide bonds. The third-order valence-corrected chi connectivity index (χ3v) is 2.23. The minimum absolute atomic E-state index is 0.0485. The molecule has 70 valence electrons. The Morgan fingerprint density at radius 3 is 2.58 bits per heavy atom. The summed E-state index contributed by atoms with van der Waals surface area (Å²) in [6, 6.07) is 0. The zero-order valence-corrected chi connectivity index (χ0v) is 8.12. The molecule has 0 aromatic carbocycles. The van der Waals surface area contributed by atoms with Crippen LogP contribution in [0.15, 0.2) is 0 Å². The lowest BCUT2D eigenvalue weighted by atomic mass is 10.0. The van der Waals surface area contributed by atoms with E-state index in [1.54, 1.807) is 0 Å². The Kier molecular flexibility index (Phi) is 3.53. The monoisotopic (exact) mass is 170 g/mol. The fraction of sp³-hybridized carbons (Fsp3) is 0.900. The van der Waals surface area contributed by atoms with E-state index in [4.69, 9.17) is 16.4 Å². The molecule has 1 saturated heterocycles. The molecule has 1 heterocycles. The van der Waals surface area contributed by atoms with E-state index >= 15 is 0 Å². The molecule has 2 nitrogen and oxygen atoms in total. The van der Waals surface area contributed by atoms with Crippen molar-refractivity contribution < 1.29 is 9.47 Å². The Balaban J connectivity index is 2.35. The van der Waals surface area contributed by atoms with Crippen molar-refractivity contribution in [2.24, 2.45) is 11.8 Å². The van der Waals surface area contributed by atoms with Crippen molar-refractivity contribution in [3.05, 3.63) is 6.92 Å². The number of hydrogen-bond acceptors (Lipinski definition) is 2. The van der Waals surface area contributed by atoms with Crippen molar-refractivity contribution in [3.8, 4) is 0 Å². The molecule has 0 aromatic rings. The largest absolute Gasteiger partial charge is 0.350 e. The Morgan fingerprint density at radius 1 is 1.50 bits per heavy atom. The van der Waals surface area contributed by atoms with Gasteiger partial charge >= 0.3 is 0 Å². The lowest BCUT2D eigenvalue weighted by Gasteiger charge is -2.17. The summed E-state index contributed by atoms with van der Waals surface area (Å²) >= 11 is 0. The van der Waals surface area contributed by atoms with E-state index in [2.05, 4.69) is 20.8 Å². The second-order valence-electron chi connectivity index (χ2n) is 3.69. The first-order chi connectivity index (χ1) is 5.65. The van der Waals surface area contributed by atoms with Crippen molar-refractivity contribution in [1.82, 2.24) is 0 Å². The normalized spacial score (nSPS) is 32.8. The van der Waals surface area contributed by atoms with Crippen LogP contribution in [0.25, 0.3) is 0 Å². The maximum atomic E-state index is 5.84. The highest BCUT2D eigenvalue weighted by molar-refractivity contribution is 4.76. The Morgan fingerprint density at radius 2 is 2.17 bits per heavy atom. The highest BCUT2D eigenvalue weighted by Gasteiger charge is 2.30. The van der Waals surface area contributed by atoms with Gasteiger partial charge in [-0.15, -0.1) is 0 Å². The van der Waals surface area contributed by atoms with Crippen LogP contribution in [-0.4, -0.2) is 19.0 Å². The molecular weight excluding hydrogens is 152 g/mol. The topological polar surface area (TPSA) is 18.5 Å². The van der Waals surface area contributed by atoms with Gasteiger partial charge in [0.05, 0.1) is 12.7 Å². The van der Waals surface area contributed by atoms with Crippen LogP contribution < -0.4 is 0 Å². The molecule has 1 fully saturated rings. The van der Waals surface area contributed by atoms with Crippen LogP contribution in [0.4, 0.5) is 0 Å². The first kappa shape index (κ1) is 10.0.